The maximum atomic E-state index is 10.2. The van der Waals surface area contributed by atoms with Gasteiger partial charge in [-0.05, 0) is 31.0 Å². The molecule has 4 aromatic rings. The number of H-pyrrole nitrogens is 2. The summed E-state index contributed by atoms with van der Waals surface area (Å²) in [7, 11) is 0. The van der Waals surface area contributed by atoms with Crippen LogP contribution < -0.4 is 16.4 Å². The van der Waals surface area contributed by atoms with E-state index in [1.54, 1.807) is 12.4 Å². The minimum atomic E-state index is 0.0287. The predicted molar refractivity (Wildman–Crippen MR) is 109 cm³/mol. The number of rotatable bonds is 4. The lowest BCUT2D eigenvalue weighted by atomic mass is 9.91. The average Bonchev–Trinajstić information content (AvgIpc) is 3.30. The Balaban J connectivity index is 1.51. The van der Waals surface area contributed by atoms with Gasteiger partial charge < -0.3 is 26.5 Å². The topological polar surface area (TPSA) is 141 Å². The van der Waals surface area contributed by atoms with Gasteiger partial charge in [0, 0.05) is 29.4 Å². The molecule has 144 valence electrons. The maximum Gasteiger partial charge on any atom is 0.225 e. The molecule has 0 aliphatic heterocycles. The van der Waals surface area contributed by atoms with E-state index in [1.807, 2.05) is 18.2 Å². The molecule has 0 radical (unpaired) electrons. The Morgan fingerprint density at radius 2 is 2.07 bits per heavy atom. The van der Waals surface area contributed by atoms with Crippen LogP contribution in [0.2, 0.25) is 0 Å². The van der Waals surface area contributed by atoms with Crippen LogP contribution in [-0.2, 0) is 0 Å². The monoisotopic (exact) mass is 378 g/mol. The van der Waals surface area contributed by atoms with E-state index in [2.05, 4.69) is 35.8 Å². The largest absolute Gasteiger partial charge is 0.494 e. The third kappa shape index (κ3) is 2.99. The van der Waals surface area contributed by atoms with Crippen molar-refractivity contribution in [3.05, 3.63) is 30.6 Å². The highest BCUT2D eigenvalue weighted by Crippen LogP contribution is 2.32. The van der Waals surface area contributed by atoms with Crippen molar-refractivity contribution in [2.24, 2.45) is 5.73 Å². The molecule has 28 heavy (non-hydrogen) atoms. The van der Waals surface area contributed by atoms with Crippen LogP contribution in [0.25, 0.3) is 21.8 Å². The predicted octanol–water partition coefficient (Wildman–Crippen LogP) is 2.97. The van der Waals surface area contributed by atoms with Gasteiger partial charge in [0.05, 0.1) is 17.2 Å². The maximum absolute atomic E-state index is 10.2. The molecule has 0 bridgehead atoms. The van der Waals surface area contributed by atoms with Crippen LogP contribution >= 0.6 is 0 Å². The van der Waals surface area contributed by atoms with Crippen molar-refractivity contribution in [2.45, 2.75) is 37.8 Å². The molecule has 7 N–H and O–H groups in total. The minimum absolute atomic E-state index is 0.0287. The number of benzene rings is 1. The second kappa shape index (κ2) is 6.68. The number of hydrogen-bond donors (Lipinski definition) is 6. The Morgan fingerprint density at radius 1 is 1.18 bits per heavy atom. The van der Waals surface area contributed by atoms with Crippen molar-refractivity contribution in [3.8, 4) is 5.88 Å². The zero-order valence-electron chi connectivity index (χ0n) is 15.2. The first-order valence-electron chi connectivity index (χ1n) is 9.48. The quantitative estimate of drug-likeness (QED) is 0.321. The normalized spacial score (nSPS) is 19.9. The summed E-state index contributed by atoms with van der Waals surface area (Å²) in [5.41, 5.74) is 8.64. The standard InChI is InChI=1S/C19H22N8O/c20-12-3-1-2-4-13(12)24-19-25-15-9-21-18(28)16(15)17(26-19)23-11-6-5-10-8-22-27-14(10)7-11/h5-9,12-13,21,28H,1-4,20H2,(H,22,27)(H2,23,24,25,26). The third-order valence-electron chi connectivity index (χ3n) is 5.36. The van der Waals surface area contributed by atoms with Gasteiger partial charge >= 0.3 is 0 Å². The van der Waals surface area contributed by atoms with Crippen molar-refractivity contribution in [1.82, 2.24) is 25.1 Å². The molecule has 9 heteroatoms. The number of anilines is 3. The lowest BCUT2D eigenvalue weighted by molar-refractivity contribution is 0.402. The fraction of sp³-hybridized carbons (Fsp3) is 0.316. The number of nitrogens with one attached hydrogen (secondary N) is 4. The number of aromatic nitrogens is 5. The van der Waals surface area contributed by atoms with Crippen LogP contribution in [0.5, 0.6) is 5.88 Å². The van der Waals surface area contributed by atoms with Crippen molar-refractivity contribution in [3.63, 3.8) is 0 Å². The molecule has 0 saturated heterocycles. The molecule has 5 rings (SSSR count). The summed E-state index contributed by atoms with van der Waals surface area (Å²) >= 11 is 0. The van der Waals surface area contributed by atoms with E-state index in [0.29, 0.717) is 22.7 Å². The van der Waals surface area contributed by atoms with Gasteiger partial charge in [0.25, 0.3) is 0 Å². The highest BCUT2D eigenvalue weighted by molar-refractivity contribution is 5.96. The van der Waals surface area contributed by atoms with Crippen molar-refractivity contribution in [2.75, 3.05) is 10.6 Å². The van der Waals surface area contributed by atoms with Crippen LogP contribution in [0.1, 0.15) is 25.7 Å². The van der Waals surface area contributed by atoms with E-state index < -0.39 is 0 Å². The molecule has 0 amide bonds. The highest BCUT2D eigenvalue weighted by Gasteiger charge is 2.23. The van der Waals surface area contributed by atoms with E-state index in [0.717, 1.165) is 42.3 Å². The molecule has 1 aliphatic rings. The van der Waals surface area contributed by atoms with Crippen molar-refractivity contribution < 1.29 is 5.11 Å². The molecular formula is C19H22N8O. The fourth-order valence-electron chi connectivity index (χ4n) is 3.84. The smallest absolute Gasteiger partial charge is 0.225 e. The number of aromatic hydroxyl groups is 1. The Labute approximate surface area is 160 Å². The first kappa shape index (κ1) is 16.8. The lowest BCUT2D eigenvalue weighted by Gasteiger charge is -2.29. The van der Waals surface area contributed by atoms with E-state index in [1.165, 1.54) is 0 Å². The Hall–Kier alpha value is -3.33. The summed E-state index contributed by atoms with van der Waals surface area (Å²) in [5.74, 6) is 1.05. The van der Waals surface area contributed by atoms with Crippen LogP contribution in [0.3, 0.4) is 0 Å². The number of hydrogen-bond acceptors (Lipinski definition) is 7. The van der Waals surface area contributed by atoms with Crippen LogP contribution in [0.4, 0.5) is 17.5 Å². The molecule has 1 fully saturated rings. The van der Waals surface area contributed by atoms with E-state index in [9.17, 15) is 5.11 Å². The van der Waals surface area contributed by atoms with Gasteiger partial charge in [0.2, 0.25) is 11.8 Å². The number of nitrogens with zero attached hydrogens (tertiary/aromatic N) is 3. The molecule has 3 aromatic heterocycles. The number of aromatic amines is 2. The van der Waals surface area contributed by atoms with Crippen LogP contribution in [-0.4, -0.2) is 42.3 Å². The zero-order chi connectivity index (χ0) is 19.1. The molecule has 3 heterocycles. The summed E-state index contributed by atoms with van der Waals surface area (Å²) < 4.78 is 0. The summed E-state index contributed by atoms with van der Waals surface area (Å²) in [6.45, 7) is 0. The summed E-state index contributed by atoms with van der Waals surface area (Å²) in [6.07, 6.45) is 7.75. The van der Waals surface area contributed by atoms with Gasteiger partial charge in [-0.2, -0.15) is 10.1 Å². The summed E-state index contributed by atoms with van der Waals surface area (Å²) in [4.78, 5) is 12.0. The molecule has 2 unspecified atom stereocenters. The SMILES string of the molecule is NC1CCCCC1Nc1nc(Nc2ccc3cn[nH]c3c2)c2c(O)[nH]cc2n1. The van der Waals surface area contributed by atoms with Gasteiger partial charge in [0.1, 0.15) is 11.2 Å². The lowest BCUT2D eigenvalue weighted by Crippen LogP contribution is -2.42. The molecule has 1 aromatic carbocycles. The first-order chi connectivity index (χ1) is 13.7. The molecule has 2 atom stereocenters. The minimum Gasteiger partial charge on any atom is -0.494 e. The number of nitrogens with two attached hydrogens (primary N) is 1. The van der Waals surface area contributed by atoms with E-state index >= 15 is 0 Å². The van der Waals surface area contributed by atoms with Crippen LogP contribution in [0, 0.1) is 0 Å². The molecule has 1 aliphatic carbocycles. The molecule has 0 spiro atoms. The van der Waals surface area contributed by atoms with Crippen molar-refractivity contribution in [1.29, 1.82) is 0 Å². The van der Waals surface area contributed by atoms with Gasteiger partial charge in [-0.1, -0.05) is 12.8 Å². The van der Waals surface area contributed by atoms with Gasteiger partial charge in [0.15, 0.2) is 0 Å². The van der Waals surface area contributed by atoms with E-state index in [4.69, 9.17) is 5.73 Å². The Kier molecular flexibility index (Phi) is 4.01. The summed E-state index contributed by atoms with van der Waals surface area (Å²) in [5, 5.41) is 25.5. The second-order valence-electron chi connectivity index (χ2n) is 7.29. The van der Waals surface area contributed by atoms with Gasteiger partial charge in [-0.15, -0.1) is 0 Å². The summed E-state index contributed by atoms with van der Waals surface area (Å²) in [6, 6.07) is 6.10. The highest BCUT2D eigenvalue weighted by atomic mass is 16.3. The van der Waals surface area contributed by atoms with Crippen LogP contribution in [0.15, 0.2) is 30.6 Å². The fourth-order valence-corrected chi connectivity index (χ4v) is 3.84. The molecular weight excluding hydrogens is 356 g/mol. The van der Waals surface area contributed by atoms with E-state index in [-0.39, 0.29) is 18.0 Å². The molecule has 1 saturated carbocycles. The third-order valence-corrected chi connectivity index (χ3v) is 5.36. The zero-order valence-corrected chi connectivity index (χ0v) is 15.2. The Bertz CT molecular complexity index is 1130. The Morgan fingerprint density at radius 3 is 2.96 bits per heavy atom. The van der Waals surface area contributed by atoms with Crippen molar-refractivity contribution >= 4 is 39.3 Å². The van der Waals surface area contributed by atoms with Gasteiger partial charge in [-0.25, -0.2) is 4.98 Å². The van der Waals surface area contributed by atoms with Gasteiger partial charge in [-0.3, -0.25) is 5.10 Å². The average molecular weight is 378 g/mol. The second-order valence-corrected chi connectivity index (χ2v) is 7.29. The molecule has 9 nitrogen and oxygen atoms in total. The first-order valence-corrected chi connectivity index (χ1v) is 9.48. The number of fused-ring (bicyclic) bond motifs is 2.